The molecule has 2 saturated carbocycles. The van der Waals surface area contributed by atoms with Gasteiger partial charge in [-0.05, 0) is 44.1 Å². The molecule has 3 N–H and O–H groups in total. The van der Waals surface area contributed by atoms with E-state index in [1.807, 2.05) is 41.9 Å². The fourth-order valence-corrected chi connectivity index (χ4v) is 4.28. The molecule has 160 valence electrons. The molecule has 0 amide bonds. The van der Waals surface area contributed by atoms with Gasteiger partial charge in [-0.1, -0.05) is 43.7 Å². The SMILES string of the molecule is C=C/C(=C\C=C/C)CNc1cc(N[C@H]2CCCC[C@H]2CO)nc2c(C3CC3)cnn12. The van der Waals surface area contributed by atoms with Crippen LogP contribution < -0.4 is 10.6 Å². The molecule has 2 aromatic rings. The summed E-state index contributed by atoms with van der Waals surface area (Å²) >= 11 is 0. The molecule has 2 atom stereocenters. The molecular formula is C24H33N5O. The van der Waals surface area contributed by atoms with Crippen LogP contribution in [0.3, 0.4) is 0 Å². The van der Waals surface area contributed by atoms with Crippen LogP contribution in [0.2, 0.25) is 0 Å². The van der Waals surface area contributed by atoms with E-state index < -0.39 is 0 Å². The van der Waals surface area contributed by atoms with Crippen molar-refractivity contribution in [3.8, 4) is 0 Å². The van der Waals surface area contributed by atoms with E-state index in [-0.39, 0.29) is 18.6 Å². The molecular weight excluding hydrogens is 374 g/mol. The van der Waals surface area contributed by atoms with Gasteiger partial charge in [-0.25, -0.2) is 4.98 Å². The van der Waals surface area contributed by atoms with Crippen molar-refractivity contribution in [1.29, 1.82) is 0 Å². The van der Waals surface area contributed by atoms with Crippen LogP contribution in [0.15, 0.2) is 48.7 Å². The number of anilines is 2. The van der Waals surface area contributed by atoms with Crippen molar-refractivity contribution in [2.45, 2.75) is 57.4 Å². The normalized spacial score (nSPS) is 22.5. The number of nitrogens with zero attached hydrogens (tertiary/aromatic N) is 3. The number of aliphatic hydroxyl groups is 1. The molecule has 6 heteroatoms. The second kappa shape index (κ2) is 9.47. The van der Waals surface area contributed by atoms with Crippen molar-refractivity contribution in [3.05, 3.63) is 54.3 Å². The van der Waals surface area contributed by atoms with E-state index in [0.717, 1.165) is 35.7 Å². The fraction of sp³-hybridized carbons (Fsp3) is 0.500. The zero-order chi connectivity index (χ0) is 20.9. The second-order valence-corrected chi connectivity index (χ2v) is 8.44. The number of rotatable bonds is 9. The molecule has 0 aliphatic heterocycles. The molecule has 0 saturated heterocycles. The van der Waals surface area contributed by atoms with E-state index in [0.29, 0.717) is 12.5 Å². The molecule has 0 bridgehead atoms. The number of hydrogen-bond acceptors (Lipinski definition) is 5. The minimum Gasteiger partial charge on any atom is -0.396 e. The van der Waals surface area contributed by atoms with Gasteiger partial charge in [0, 0.05) is 36.7 Å². The monoisotopic (exact) mass is 407 g/mol. The first kappa shape index (κ1) is 20.7. The van der Waals surface area contributed by atoms with Crippen molar-refractivity contribution in [3.63, 3.8) is 0 Å². The Labute approximate surface area is 178 Å². The number of fused-ring (bicyclic) bond motifs is 1. The molecule has 6 nitrogen and oxygen atoms in total. The molecule has 0 unspecified atom stereocenters. The first-order valence-corrected chi connectivity index (χ1v) is 11.2. The second-order valence-electron chi connectivity index (χ2n) is 8.44. The van der Waals surface area contributed by atoms with E-state index in [1.165, 1.54) is 31.2 Å². The fourth-order valence-electron chi connectivity index (χ4n) is 4.28. The lowest BCUT2D eigenvalue weighted by atomic mass is 9.85. The Morgan fingerprint density at radius 1 is 1.30 bits per heavy atom. The van der Waals surface area contributed by atoms with Gasteiger partial charge in [0.1, 0.15) is 11.6 Å². The van der Waals surface area contributed by atoms with Crippen LogP contribution in [0.1, 0.15) is 56.9 Å². The average Bonchev–Trinajstić information content (AvgIpc) is 3.53. The van der Waals surface area contributed by atoms with Gasteiger partial charge < -0.3 is 15.7 Å². The summed E-state index contributed by atoms with van der Waals surface area (Å²) in [5.74, 6) is 2.64. The molecule has 0 radical (unpaired) electrons. The highest BCUT2D eigenvalue weighted by Crippen LogP contribution is 2.42. The van der Waals surface area contributed by atoms with E-state index in [1.54, 1.807) is 0 Å². The third-order valence-corrected chi connectivity index (χ3v) is 6.23. The highest BCUT2D eigenvalue weighted by Gasteiger charge is 2.29. The van der Waals surface area contributed by atoms with Crippen molar-refractivity contribution in [2.24, 2.45) is 5.92 Å². The Kier molecular flexibility index (Phi) is 6.53. The third-order valence-electron chi connectivity index (χ3n) is 6.23. The minimum atomic E-state index is 0.226. The first-order valence-electron chi connectivity index (χ1n) is 11.2. The smallest absolute Gasteiger partial charge is 0.163 e. The van der Waals surface area contributed by atoms with Gasteiger partial charge >= 0.3 is 0 Å². The van der Waals surface area contributed by atoms with Gasteiger partial charge in [0.05, 0.1) is 6.20 Å². The van der Waals surface area contributed by atoms with E-state index >= 15 is 0 Å². The van der Waals surface area contributed by atoms with Gasteiger partial charge in [0.25, 0.3) is 0 Å². The molecule has 0 spiro atoms. The van der Waals surface area contributed by atoms with Crippen LogP contribution in [-0.4, -0.2) is 38.9 Å². The molecule has 30 heavy (non-hydrogen) atoms. The van der Waals surface area contributed by atoms with E-state index in [2.05, 4.69) is 28.4 Å². The standard InChI is InChI=1S/C24H33N5O/c1-3-5-8-17(4-2)14-25-23-13-22(27-21-10-7-6-9-19(21)16-30)28-24-20(18-11-12-18)15-26-29(23)24/h3-5,8,13,15,18-19,21,25,30H,2,6-7,9-12,14,16H2,1H3,(H,27,28)/b5-3-,17-8+/t19-,21-/m0/s1. The Morgan fingerprint density at radius 3 is 2.87 bits per heavy atom. The lowest BCUT2D eigenvalue weighted by Crippen LogP contribution is -2.34. The highest BCUT2D eigenvalue weighted by molar-refractivity contribution is 5.62. The third kappa shape index (κ3) is 4.59. The minimum absolute atomic E-state index is 0.226. The number of allylic oxidation sites excluding steroid dienone is 3. The molecule has 0 aromatic carbocycles. The van der Waals surface area contributed by atoms with Crippen molar-refractivity contribution < 1.29 is 5.11 Å². The number of aromatic nitrogens is 3. The van der Waals surface area contributed by atoms with Crippen LogP contribution in [0.4, 0.5) is 11.6 Å². The average molecular weight is 408 g/mol. The predicted octanol–water partition coefficient (Wildman–Crippen LogP) is 4.67. The predicted molar refractivity (Wildman–Crippen MR) is 123 cm³/mol. The summed E-state index contributed by atoms with van der Waals surface area (Å²) in [7, 11) is 0. The first-order chi connectivity index (χ1) is 14.7. The molecule has 2 aliphatic rings. The topological polar surface area (TPSA) is 74.5 Å². The zero-order valence-corrected chi connectivity index (χ0v) is 17.8. The lowest BCUT2D eigenvalue weighted by molar-refractivity contribution is 0.178. The van der Waals surface area contributed by atoms with E-state index in [9.17, 15) is 5.11 Å². The maximum atomic E-state index is 9.79. The number of nitrogens with one attached hydrogen (secondary N) is 2. The van der Waals surface area contributed by atoms with E-state index in [4.69, 9.17) is 4.98 Å². The van der Waals surface area contributed by atoms with Gasteiger partial charge in [0.15, 0.2) is 5.65 Å². The summed E-state index contributed by atoms with van der Waals surface area (Å²) in [5, 5.41) is 21.6. The maximum Gasteiger partial charge on any atom is 0.163 e. The Hall–Kier alpha value is -2.60. The highest BCUT2D eigenvalue weighted by atomic mass is 16.3. The van der Waals surface area contributed by atoms with Gasteiger partial charge in [0.2, 0.25) is 0 Å². The molecule has 2 heterocycles. The maximum absolute atomic E-state index is 9.79. The summed E-state index contributed by atoms with van der Waals surface area (Å²) in [4.78, 5) is 4.94. The van der Waals surface area contributed by atoms with Gasteiger partial charge in [-0.3, -0.25) is 0 Å². The zero-order valence-electron chi connectivity index (χ0n) is 17.8. The summed E-state index contributed by atoms with van der Waals surface area (Å²) < 4.78 is 1.92. The van der Waals surface area contributed by atoms with Crippen LogP contribution >= 0.6 is 0 Å². The van der Waals surface area contributed by atoms with Crippen LogP contribution in [0, 0.1) is 5.92 Å². The Morgan fingerprint density at radius 2 is 2.13 bits per heavy atom. The van der Waals surface area contributed by atoms with Crippen molar-refractivity contribution >= 4 is 17.3 Å². The largest absolute Gasteiger partial charge is 0.396 e. The number of aliphatic hydroxyl groups excluding tert-OH is 1. The van der Waals surface area contributed by atoms with Crippen LogP contribution in [0.5, 0.6) is 0 Å². The molecule has 2 aromatic heterocycles. The van der Waals surface area contributed by atoms with Crippen molar-refractivity contribution in [2.75, 3.05) is 23.8 Å². The van der Waals surface area contributed by atoms with Crippen LogP contribution in [0.25, 0.3) is 5.65 Å². The van der Waals surface area contributed by atoms with Gasteiger partial charge in [-0.2, -0.15) is 9.61 Å². The molecule has 4 rings (SSSR count). The quantitative estimate of drug-likeness (QED) is 0.527. The molecule has 2 fully saturated rings. The van der Waals surface area contributed by atoms with Gasteiger partial charge in [-0.15, -0.1) is 0 Å². The van der Waals surface area contributed by atoms with Crippen LogP contribution in [-0.2, 0) is 0 Å². The summed E-state index contributed by atoms with van der Waals surface area (Å²) in [5.41, 5.74) is 3.27. The summed E-state index contributed by atoms with van der Waals surface area (Å²) in [6.45, 7) is 6.81. The lowest BCUT2D eigenvalue weighted by Gasteiger charge is -2.31. The number of hydrogen-bond donors (Lipinski definition) is 3. The molecule has 2 aliphatic carbocycles. The van der Waals surface area contributed by atoms with Crippen molar-refractivity contribution in [1.82, 2.24) is 14.6 Å². The Balaban J connectivity index is 1.63. The summed E-state index contributed by atoms with van der Waals surface area (Å²) in [6.07, 6.45) is 16.9. The Bertz CT molecular complexity index is 940. The summed E-state index contributed by atoms with van der Waals surface area (Å²) in [6, 6.07) is 2.30.